The summed E-state index contributed by atoms with van der Waals surface area (Å²) >= 11 is 2.10. The van der Waals surface area contributed by atoms with Gasteiger partial charge in [-0.05, 0) is 53.8 Å². The number of hydrogen-bond acceptors (Lipinski definition) is 4. The number of carbonyl (C=O) groups is 1. The van der Waals surface area contributed by atoms with Crippen molar-refractivity contribution in [3.05, 3.63) is 62.0 Å². The van der Waals surface area contributed by atoms with Gasteiger partial charge in [0.05, 0.1) is 4.92 Å². The lowest BCUT2D eigenvalue weighted by Gasteiger charge is -2.15. The summed E-state index contributed by atoms with van der Waals surface area (Å²) in [5.74, 6) is -1.47. The van der Waals surface area contributed by atoms with Gasteiger partial charge in [0.25, 0.3) is 5.91 Å². The molecule has 0 spiro atoms. The molecule has 0 saturated heterocycles. The first-order chi connectivity index (χ1) is 10.9. The fourth-order valence-electron chi connectivity index (χ4n) is 1.79. The summed E-state index contributed by atoms with van der Waals surface area (Å²) in [6.07, 6.45) is -1.03. The number of rotatable bonds is 5. The maximum Gasteiger partial charge on any atom is 0.311 e. The van der Waals surface area contributed by atoms with Gasteiger partial charge < -0.3 is 10.1 Å². The van der Waals surface area contributed by atoms with E-state index in [0.717, 1.165) is 21.8 Å². The highest BCUT2D eigenvalue weighted by molar-refractivity contribution is 14.1. The first-order valence-electron chi connectivity index (χ1n) is 6.54. The predicted molar refractivity (Wildman–Crippen MR) is 90.9 cm³/mol. The quantitative estimate of drug-likeness (QED) is 0.445. The minimum absolute atomic E-state index is 0.291. The number of anilines is 1. The van der Waals surface area contributed by atoms with Gasteiger partial charge in [-0.15, -0.1) is 0 Å². The number of hydrogen-bond donors (Lipinski definition) is 1. The van der Waals surface area contributed by atoms with Crippen LogP contribution >= 0.6 is 22.6 Å². The highest BCUT2D eigenvalue weighted by Crippen LogP contribution is 2.28. The van der Waals surface area contributed by atoms with Gasteiger partial charge in [-0.2, -0.15) is 0 Å². The summed E-state index contributed by atoms with van der Waals surface area (Å²) in [5, 5.41) is 13.5. The Balaban J connectivity index is 2.12. The van der Waals surface area contributed by atoms with Gasteiger partial charge in [0.1, 0.15) is 5.82 Å². The molecule has 0 aliphatic heterocycles. The van der Waals surface area contributed by atoms with Crippen molar-refractivity contribution in [3.63, 3.8) is 0 Å². The summed E-state index contributed by atoms with van der Waals surface area (Å²) in [6.45, 7) is 1.43. The molecular weight excluding hydrogens is 418 g/mol. The molecule has 0 heterocycles. The van der Waals surface area contributed by atoms with Crippen LogP contribution in [0.1, 0.15) is 6.92 Å². The Labute approximate surface area is 144 Å². The van der Waals surface area contributed by atoms with Crippen molar-refractivity contribution in [2.24, 2.45) is 0 Å². The highest BCUT2D eigenvalue weighted by Gasteiger charge is 2.22. The zero-order valence-electron chi connectivity index (χ0n) is 12.0. The van der Waals surface area contributed by atoms with E-state index in [1.807, 2.05) is 6.07 Å². The number of benzene rings is 2. The van der Waals surface area contributed by atoms with Crippen LogP contribution in [0.5, 0.6) is 5.75 Å². The Kier molecular flexibility index (Phi) is 5.48. The van der Waals surface area contributed by atoms with Crippen molar-refractivity contribution in [3.8, 4) is 5.75 Å². The molecule has 0 fully saturated rings. The second kappa shape index (κ2) is 7.36. The SMILES string of the molecule is CC(Oc1cc(F)ccc1[N+](=O)[O-])C(=O)Nc1cccc(I)c1. The molecule has 0 aliphatic rings. The normalized spacial score (nSPS) is 11.6. The molecule has 0 aliphatic carbocycles. The Hall–Kier alpha value is -2.23. The molecule has 0 aromatic heterocycles. The van der Waals surface area contributed by atoms with E-state index in [1.165, 1.54) is 6.92 Å². The van der Waals surface area contributed by atoms with Gasteiger partial charge in [0.2, 0.25) is 5.75 Å². The largest absolute Gasteiger partial charge is 0.474 e. The number of amides is 1. The number of halogens is 2. The predicted octanol–water partition coefficient (Wildman–Crippen LogP) is 3.74. The Morgan fingerprint density at radius 3 is 2.74 bits per heavy atom. The molecule has 2 rings (SSSR count). The maximum absolute atomic E-state index is 13.2. The van der Waals surface area contributed by atoms with Crippen molar-refractivity contribution >= 4 is 39.9 Å². The van der Waals surface area contributed by atoms with Gasteiger partial charge in [-0.1, -0.05) is 6.07 Å². The first-order valence-corrected chi connectivity index (χ1v) is 7.61. The van der Waals surface area contributed by atoms with Gasteiger partial charge in [-0.3, -0.25) is 14.9 Å². The number of nitrogens with zero attached hydrogens (tertiary/aromatic N) is 1. The van der Waals surface area contributed by atoms with E-state index in [-0.39, 0.29) is 5.75 Å². The van der Waals surface area contributed by atoms with E-state index in [1.54, 1.807) is 18.2 Å². The van der Waals surface area contributed by atoms with E-state index in [9.17, 15) is 19.3 Å². The van der Waals surface area contributed by atoms with Gasteiger partial charge in [0.15, 0.2) is 6.10 Å². The molecule has 2 aromatic rings. The van der Waals surface area contributed by atoms with Crippen LogP contribution in [0, 0.1) is 19.5 Å². The third kappa shape index (κ3) is 4.62. The van der Waals surface area contributed by atoms with Crippen LogP contribution in [0.4, 0.5) is 15.8 Å². The molecule has 0 bridgehead atoms. The molecule has 2 aromatic carbocycles. The topological polar surface area (TPSA) is 81.5 Å². The summed E-state index contributed by atoms with van der Waals surface area (Å²) in [5.41, 5.74) is 0.173. The smallest absolute Gasteiger partial charge is 0.311 e. The average Bonchev–Trinajstić information content (AvgIpc) is 2.46. The van der Waals surface area contributed by atoms with Crippen molar-refractivity contribution in [2.75, 3.05) is 5.32 Å². The molecule has 6 nitrogen and oxygen atoms in total. The monoisotopic (exact) mass is 430 g/mol. The van der Waals surface area contributed by atoms with Crippen LogP contribution in [-0.4, -0.2) is 16.9 Å². The summed E-state index contributed by atoms with van der Waals surface area (Å²) in [4.78, 5) is 22.3. The lowest BCUT2D eigenvalue weighted by molar-refractivity contribution is -0.386. The minimum Gasteiger partial charge on any atom is -0.474 e. The average molecular weight is 430 g/mol. The fraction of sp³-hybridized carbons (Fsp3) is 0.133. The van der Waals surface area contributed by atoms with Gasteiger partial charge in [0, 0.05) is 21.4 Å². The van der Waals surface area contributed by atoms with Crippen LogP contribution in [0.25, 0.3) is 0 Å². The van der Waals surface area contributed by atoms with E-state index in [2.05, 4.69) is 27.9 Å². The molecule has 1 N–H and O–H groups in total. The van der Waals surface area contributed by atoms with E-state index in [0.29, 0.717) is 5.69 Å². The number of nitrogens with one attached hydrogen (secondary N) is 1. The number of nitro groups is 1. The lowest BCUT2D eigenvalue weighted by atomic mass is 10.2. The van der Waals surface area contributed by atoms with Crippen molar-refractivity contribution in [2.45, 2.75) is 13.0 Å². The summed E-state index contributed by atoms with van der Waals surface area (Å²) in [7, 11) is 0. The number of nitro benzene ring substituents is 1. The Morgan fingerprint density at radius 2 is 2.09 bits per heavy atom. The molecule has 120 valence electrons. The zero-order chi connectivity index (χ0) is 17.0. The van der Waals surface area contributed by atoms with Crippen molar-refractivity contribution in [1.82, 2.24) is 0 Å². The zero-order valence-corrected chi connectivity index (χ0v) is 14.1. The number of carbonyl (C=O) groups excluding carboxylic acids is 1. The highest BCUT2D eigenvalue weighted by atomic mass is 127. The second-order valence-electron chi connectivity index (χ2n) is 4.63. The minimum atomic E-state index is -1.03. The molecule has 1 unspecified atom stereocenters. The third-order valence-corrected chi connectivity index (χ3v) is 3.55. The van der Waals surface area contributed by atoms with Crippen LogP contribution in [0.15, 0.2) is 42.5 Å². The standard InChI is InChI=1S/C15H12FIN2O4/c1-9(15(20)18-12-4-2-3-11(17)8-12)23-14-7-10(16)5-6-13(14)19(21)22/h2-9H,1H3,(H,18,20). The molecule has 8 heteroatoms. The van der Waals surface area contributed by atoms with Crippen molar-refractivity contribution in [1.29, 1.82) is 0 Å². The maximum atomic E-state index is 13.2. The van der Waals surface area contributed by atoms with Crippen LogP contribution in [0.2, 0.25) is 0 Å². The molecule has 0 saturated carbocycles. The van der Waals surface area contributed by atoms with Crippen molar-refractivity contribution < 1.29 is 18.8 Å². The van der Waals surface area contributed by atoms with Gasteiger partial charge >= 0.3 is 5.69 Å². The Morgan fingerprint density at radius 1 is 1.35 bits per heavy atom. The molecule has 1 atom stereocenters. The molecular formula is C15H12FIN2O4. The first kappa shape index (κ1) is 17.1. The van der Waals surface area contributed by atoms with E-state index >= 15 is 0 Å². The van der Waals surface area contributed by atoms with Crippen LogP contribution in [-0.2, 0) is 4.79 Å². The second-order valence-corrected chi connectivity index (χ2v) is 5.87. The van der Waals surface area contributed by atoms with E-state index < -0.39 is 28.4 Å². The fourth-order valence-corrected chi connectivity index (χ4v) is 2.33. The van der Waals surface area contributed by atoms with Crippen LogP contribution < -0.4 is 10.1 Å². The summed E-state index contributed by atoms with van der Waals surface area (Å²) < 4.78 is 19.4. The van der Waals surface area contributed by atoms with Crippen LogP contribution in [0.3, 0.4) is 0 Å². The number of ether oxygens (including phenoxy) is 1. The summed E-state index contributed by atoms with van der Waals surface area (Å²) in [6, 6.07) is 9.95. The molecule has 0 radical (unpaired) electrons. The lowest BCUT2D eigenvalue weighted by Crippen LogP contribution is -2.30. The van der Waals surface area contributed by atoms with Gasteiger partial charge in [-0.25, -0.2) is 4.39 Å². The molecule has 1 amide bonds. The van der Waals surface area contributed by atoms with E-state index in [4.69, 9.17) is 4.74 Å². The molecule has 23 heavy (non-hydrogen) atoms. The third-order valence-electron chi connectivity index (χ3n) is 2.88. The Bertz CT molecular complexity index is 754.